The Labute approximate surface area is 140 Å². The van der Waals surface area contributed by atoms with Crippen molar-refractivity contribution in [3.63, 3.8) is 0 Å². The maximum absolute atomic E-state index is 12.5. The van der Waals surface area contributed by atoms with E-state index < -0.39 is 0 Å². The van der Waals surface area contributed by atoms with Crippen molar-refractivity contribution in [2.45, 2.75) is 19.9 Å². The Kier molecular flexibility index (Phi) is 4.63. The number of carbonyl (C=O) groups is 1. The molecule has 0 atom stereocenters. The van der Waals surface area contributed by atoms with E-state index in [2.05, 4.69) is 40.0 Å². The summed E-state index contributed by atoms with van der Waals surface area (Å²) in [6.07, 6.45) is 0.835. The number of carbonyl (C=O) groups excluding carboxylic acids is 1. The van der Waals surface area contributed by atoms with Gasteiger partial charge in [-0.15, -0.1) is 11.3 Å². The van der Waals surface area contributed by atoms with Gasteiger partial charge in [0.15, 0.2) is 0 Å². The van der Waals surface area contributed by atoms with E-state index in [1.54, 1.807) is 11.3 Å². The maximum Gasteiger partial charge on any atom is 0.267 e. The summed E-state index contributed by atoms with van der Waals surface area (Å²) in [5, 5.41) is 6.19. The third kappa shape index (κ3) is 3.54. The van der Waals surface area contributed by atoms with E-state index in [1.165, 1.54) is 5.56 Å². The fourth-order valence-electron chi connectivity index (χ4n) is 2.65. The van der Waals surface area contributed by atoms with Gasteiger partial charge in [-0.3, -0.25) is 4.79 Å². The van der Waals surface area contributed by atoms with Crippen LogP contribution in [0.4, 0.5) is 0 Å². The lowest BCUT2D eigenvalue weighted by atomic mass is 10.1. The first-order valence-electron chi connectivity index (χ1n) is 7.68. The van der Waals surface area contributed by atoms with Gasteiger partial charge in [-0.1, -0.05) is 42.5 Å². The number of benzene rings is 1. The van der Waals surface area contributed by atoms with Crippen molar-refractivity contribution in [2.24, 2.45) is 0 Å². The van der Waals surface area contributed by atoms with Gasteiger partial charge in [0, 0.05) is 18.5 Å². The highest BCUT2D eigenvalue weighted by atomic mass is 32.1. The van der Waals surface area contributed by atoms with Crippen LogP contribution in [-0.2, 0) is 13.0 Å². The van der Waals surface area contributed by atoms with E-state index >= 15 is 0 Å². The predicted molar refractivity (Wildman–Crippen MR) is 97.1 cm³/mol. The molecule has 0 saturated carbocycles. The van der Waals surface area contributed by atoms with E-state index in [4.69, 9.17) is 0 Å². The van der Waals surface area contributed by atoms with E-state index in [0.29, 0.717) is 18.8 Å². The molecule has 0 saturated heterocycles. The SMILES string of the molecule is C=C(C)Cn1c(C(=O)NCCc2ccccc2)cc2ccsc21. The normalized spacial score (nSPS) is 10.8. The summed E-state index contributed by atoms with van der Waals surface area (Å²) in [6.45, 7) is 7.26. The highest BCUT2D eigenvalue weighted by Gasteiger charge is 2.16. The first kappa shape index (κ1) is 15.6. The Bertz CT molecular complexity index is 830. The third-order valence-electron chi connectivity index (χ3n) is 3.71. The van der Waals surface area contributed by atoms with Crippen LogP contribution < -0.4 is 5.32 Å². The zero-order valence-electron chi connectivity index (χ0n) is 13.2. The zero-order valence-corrected chi connectivity index (χ0v) is 14.0. The molecule has 0 aliphatic carbocycles. The minimum Gasteiger partial charge on any atom is -0.350 e. The highest BCUT2D eigenvalue weighted by Crippen LogP contribution is 2.26. The van der Waals surface area contributed by atoms with Gasteiger partial charge in [0.2, 0.25) is 0 Å². The predicted octanol–water partition coefficient (Wildman–Crippen LogP) is 4.25. The Morgan fingerprint density at radius 3 is 2.78 bits per heavy atom. The second kappa shape index (κ2) is 6.84. The van der Waals surface area contributed by atoms with Crippen molar-refractivity contribution in [2.75, 3.05) is 6.54 Å². The topological polar surface area (TPSA) is 34.0 Å². The second-order valence-corrected chi connectivity index (χ2v) is 6.64. The van der Waals surface area contributed by atoms with E-state index in [-0.39, 0.29) is 5.91 Å². The molecule has 0 aliphatic rings. The van der Waals surface area contributed by atoms with Crippen molar-refractivity contribution < 1.29 is 4.79 Å². The molecule has 0 bridgehead atoms. The fraction of sp³-hybridized carbons (Fsp3) is 0.211. The third-order valence-corrected chi connectivity index (χ3v) is 4.66. The number of rotatable bonds is 6. The molecule has 3 rings (SSSR count). The summed E-state index contributed by atoms with van der Waals surface area (Å²) < 4.78 is 2.06. The number of hydrogen-bond donors (Lipinski definition) is 1. The molecule has 0 radical (unpaired) electrons. The van der Waals surface area contributed by atoms with Crippen LogP contribution in [0.2, 0.25) is 0 Å². The molecule has 3 aromatic rings. The molecule has 1 amide bonds. The van der Waals surface area contributed by atoms with Gasteiger partial charge in [0.25, 0.3) is 5.91 Å². The quantitative estimate of drug-likeness (QED) is 0.676. The van der Waals surface area contributed by atoms with Crippen molar-refractivity contribution in [3.8, 4) is 0 Å². The van der Waals surface area contributed by atoms with Crippen LogP contribution in [0.25, 0.3) is 10.2 Å². The smallest absolute Gasteiger partial charge is 0.267 e. The maximum atomic E-state index is 12.5. The van der Waals surface area contributed by atoms with Gasteiger partial charge >= 0.3 is 0 Å². The van der Waals surface area contributed by atoms with Gasteiger partial charge in [0.1, 0.15) is 10.5 Å². The summed E-state index contributed by atoms with van der Waals surface area (Å²) in [4.78, 5) is 13.7. The second-order valence-electron chi connectivity index (χ2n) is 5.75. The van der Waals surface area contributed by atoms with Crippen LogP contribution in [0.5, 0.6) is 0 Å². The van der Waals surface area contributed by atoms with Crippen LogP contribution in [0.1, 0.15) is 23.0 Å². The van der Waals surface area contributed by atoms with Gasteiger partial charge in [-0.05, 0) is 36.4 Å². The van der Waals surface area contributed by atoms with Crippen molar-refractivity contribution in [1.82, 2.24) is 9.88 Å². The highest BCUT2D eigenvalue weighted by molar-refractivity contribution is 7.16. The number of amides is 1. The summed E-state index contributed by atoms with van der Waals surface area (Å²) >= 11 is 1.66. The van der Waals surface area contributed by atoms with Gasteiger partial charge in [0.05, 0.1) is 0 Å². The molecule has 4 heteroatoms. The Morgan fingerprint density at radius 1 is 1.26 bits per heavy atom. The first-order valence-corrected chi connectivity index (χ1v) is 8.56. The largest absolute Gasteiger partial charge is 0.350 e. The number of hydrogen-bond acceptors (Lipinski definition) is 2. The lowest BCUT2D eigenvalue weighted by Gasteiger charge is -2.10. The number of nitrogens with zero attached hydrogens (tertiary/aromatic N) is 1. The molecule has 0 unspecified atom stereocenters. The summed E-state index contributed by atoms with van der Waals surface area (Å²) in [7, 11) is 0. The average molecular weight is 324 g/mol. The van der Waals surface area contributed by atoms with Crippen molar-refractivity contribution in [3.05, 3.63) is 71.3 Å². The zero-order chi connectivity index (χ0) is 16.2. The molecule has 118 valence electrons. The molecule has 1 aromatic carbocycles. The molecule has 23 heavy (non-hydrogen) atoms. The number of nitrogens with one attached hydrogen (secondary N) is 1. The molecule has 1 N–H and O–H groups in total. The molecule has 0 spiro atoms. The number of fused-ring (bicyclic) bond motifs is 1. The van der Waals surface area contributed by atoms with Crippen molar-refractivity contribution in [1.29, 1.82) is 0 Å². The van der Waals surface area contributed by atoms with E-state index in [9.17, 15) is 4.79 Å². The first-order chi connectivity index (χ1) is 11.1. The van der Waals surface area contributed by atoms with Crippen LogP contribution in [-0.4, -0.2) is 17.0 Å². The van der Waals surface area contributed by atoms with E-state index in [0.717, 1.165) is 22.2 Å². The monoisotopic (exact) mass is 324 g/mol. The molecule has 0 aliphatic heterocycles. The minimum absolute atomic E-state index is 0.0226. The number of allylic oxidation sites excluding steroid dienone is 1. The number of aromatic nitrogens is 1. The lowest BCUT2D eigenvalue weighted by molar-refractivity contribution is 0.0946. The van der Waals surface area contributed by atoms with Crippen LogP contribution in [0, 0.1) is 0 Å². The Morgan fingerprint density at radius 2 is 2.04 bits per heavy atom. The van der Waals surface area contributed by atoms with Gasteiger partial charge in [-0.2, -0.15) is 0 Å². The lowest BCUT2D eigenvalue weighted by Crippen LogP contribution is -2.28. The van der Waals surface area contributed by atoms with Gasteiger partial charge < -0.3 is 9.88 Å². The molecule has 3 nitrogen and oxygen atoms in total. The molecule has 2 aromatic heterocycles. The number of thiophene rings is 1. The van der Waals surface area contributed by atoms with Gasteiger partial charge in [-0.25, -0.2) is 0 Å². The summed E-state index contributed by atoms with van der Waals surface area (Å²) in [5.41, 5.74) is 2.98. The van der Waals surface area contributed by atoms with Crippen LogP contribution >= 0.6 is 11.3 Å². The van der Waals surface area contributed by atoms with Crippen LogP contribution in [0.15, 0.2) is 60.0 Å². The Hall–Kier alpha value is -2.33. The Balaban J connectivity index is 1.72. The molecule has 2 heterocycles. The molecular formula is C19H20N2OS. The van der Waals surface area contributed by atoms with Crippen molar-refractivity contribution >= 4 is 27.5 Å². The van der Waals surface area contributed by atoms with Crippen LogP contribution in [0.3, 0.4) is 0 Å². The summed E-state index contributed by atoms with van der Waals surface area (Å²) in [6, 6.07) is 14.2. The minimum atomic E-state index is -0.0226. The molecule has 0 fully saturated rings. The summed E-state index contributed by atoms with van der Waals surface area (Å²) in [5.74, 6) is -0.0226. The average Bonchev–Trinajstić information content (AvgIpc) is 3.11. The molecular weight excluding hydrogens is 304 g/mol. The van der Waals surface area contributed by atoms with E-state index in [1.807, 2.05) is 31.2 Å². The standard InChI is InChI=1S/C19H20N2OS/c1-14(2)13-21-17(12-16-9-11-23-19(16)21)18(22)20-10-8-15-6-4-3-5-7-15/h3-7,9,11-12H,1,8,10,13H2,2H3,(H,20,22). The fourth-order valence-corrected chi connectivity index (χ4v) is 3.54.